The summed E-state index contributed by atoms with van der Waals surface area (Å²) >= 11 is 0. The summed E-state index contributed by atoms with van der Waals surface area (Å²) < 4.78 is 0. The smallest absolute Gasteiger partial charge is 0.253 e. The molecule has 3 heteroatoms. The fourth-order valence-electron chi connectivity index (χ4n) is 1.77. The number of nitrogens with one attached hydrogen (secondary N) is 1. The van der Waals surface area contributed by atoms with Crippen LogP contribution in [0.3, 0.4) is 0 Å². The predicted molar refractivity (Wildman–Crippen MR) is 71.3 cm³/mol. The zero-order chi connectivity index (χ0) is 13.0. The van der Waals surface area contributed by atoms with Crippen molar-refractivity contribution in [3.8, 4) is 0 Å². The second-order valence-corrected chi connectivity index (χ2v) is 4.35. The molecule has 0 unspecified atom stereocenters. The van der Waals surface area contributed by atoms with E-state index in [-0.39, 0.29) is 5.91 Å². The zero-order valence-electron chi connectivity index (χ0n) is 10.6. The van der Waals surface area contributed by atoms with Gasteiger partial charge in [-0.15, -0.1) is 0 Å². The number of carbonyl (C=O) groups excluding carboxylic acids is 1. The summed E-state index contributed by atoms with van der Waals surface area (Å²) in [5.74, 6) is -0.0935. The van der Waals surface area contributed by atoms with E-state index in [2.05, 4.69) is 28.5 Å². The maximum atomic E-state index is 11.9. The SMILES string of the molecule is Cc1ccc(C)c(CNC(=O)c2cccnc2)c1. The van der Waals surface area contributed by atoms with E-state index in [0.29, 0.717) is 12.1 Å². The van der Waals surface area contributed by atoms with Crippen LogP contribution in [0.5, 0.6) is 0 Å². The van der Waals surface area contributed by atoms with Crippen molar-refractivity contribution in [1.82, 2.24) is 10.3 Å². The molecule has 0 saturated carbocycles. The average molecular weight is 240 g/mol. The highest BCUT2D eigenvalue weighted by Crippen LogP contribution is 2.10. The molecule has 1 N–H and O–H groups in total. The van der Waals surface area contributed by atoms with Gasteiger partial charge in [-0.2, -0.15) is 0 Å². The molecular formula is C15H16N2O. The molecule has 0 saturated heterocycles. The molecule has 0 aliphatic heterocycles. The third-order valence-electron chi connectivity index (χ3n) is 2.87. The van der Waals surface area contributed by atoms with Crippen LogP contribution in [0.25, 0.3) is 0 Å². The predicted octanol–water partition coefficient (Wildman–Crippen LogP) is 2.63. The van der Waals surface area contributed by atoms with E-state index in [9.17, 15) is 4.79 Å². The maximum Gasteiger partial charge on any atom is 0.253 e. The lowest BCUT2D eigenvalue weighted by Crippen LogP contribution is -2.23. The number of aryl methyl sites for hydroxylation is 2. The van der Waals surface area contributed by atoms with Crippen molar-refractivity contribution in [3.05, 3.63) is 65.0 Å². The van der Waals surface area contributed by atoms with Gasteiger partial charge in [0.25, 0.3) is 5.91 Å². The van der Waals surface area contributed by atoms with Crippen LogP contribution in [-0.2, 0) is 6.54 Å². The molecule has 0 aliphatic carbocycles. The first kappa shape index (κ1) is 12.3. The van der Waals surface area contributed by atoms with Crippen molar-refractivity contribution in [2.45, 2.75) is 20.4 Å². The van der Waals surface area contributed by atoms with Gasteiger partial charge in [-0.05, 0) is 37.1 Å². The fraction of sp³-hybridized carbons (Fsp3) is 0.200. The molecule has 2 rings (SSSR count). The minimum atomic E-state index is -0.0935. The summed E-state index contributed by atoms with van der Waals surface area (Å²) in [6.07, 6.45) is 3.22. The lowest BCUT2D eigenvalue weighted by atomic mass is 10.1. The van der Waals surface area contributed by atoms with Crippen molar-refractivity contribution in [2.24, 2.45) is 0 Å². The van der Waals surface area contributed by atoms with Crippen molar-refractivity contribution in [3.63, 3.8) is 0 Å². The third kappa shape index (κ3) is 2.94. The third-order valence-corrected chi connectivity index (χ3v) is 2.87. The standard InChI is InChI=1S/C15H16N2O/c1-11-5-6-12(2)14(8-11)10-17-15(18)13-4-3-7-16-9-13/h3-9H,10H2,1-2H3,(H,17,18). The molecule has 0 bridgehead atoms. The van der Waals surface area contributed by atoms with Gasteiger partial charge in [-0.25, -0.2) is 0 Å². The summed E-state index contributed by atoms with van der Waals surface area (Å²) in [4.78, 5) is 15.8. The Bertz CT molecular complexity index is 550. The van der Waals surface area contributed by atoms with Gasteiger partial charge in [-0.1, -0.05) is 23.8 Å². The summed E-state index contributed by atoms with van der Waals surface area (Å²) in [5.41, 5.74) is 4.12. The van der Waals surface area contributed by atoms with Gasteiger partial charge in [-0.3, -0.25) is 9.78 Å². The van der Waals surface area contributed by atoms with E-state index in [1.54, 1.807) is 24.5 Å². The Hall–Kier alpha value is -2.16. The van der Waals surface area contributed by atoms with E-state index in [0.717, 1.165) is 5.56 Å². The van der Waals surface area contributed by atoms with Crippen LogP contribution in [0.4, 0.5) is 0 Å². The molecule has 1 heterocycles. The second kappa shape index (κ2) is 5.45. The maximum absolute atomic E-state index is 11.9. The first-order chi connectivity index (χ1) is 8.66. The van der Waals surface area contributed by atoms with Crippen LogP contribution in [0.15, 0.2) is 42.7 Å². The number of nitrogens with zero attached hydrogens (tertiary/aromatic N) is 1. The van der Waals surface area contributed by atoms with Crippen molar-refractivity contribution >= 4 is 5.91 Å². The Balaban J connectivity index is 2.04. The number of aromatic nitrogens is 1. The van der Waals surface area contributed by atoms with Gasteiger partial charge in [0.1, 0.15) is 0 Å². The van der Waals surface area contributed by atoms with Gasteiger partial charge >= 0.3 is 0 Å². The Labute approximate surface area is 107 Å². The zero-order valence-corrected chi connectivity index (χ0v) is 10.6. The average Bonchev–Trinajstić information content (AvgIpc) is 2.40. The minimum absolute atomic E-state index is 0.0935. The molecule has 3 nitrogen and oxygen atoms in total. The molecular weight excluding hydrogens is 224 g/mol. The van der Waals surface area contributed by atoms with Crippen LogP contribution < -0.4 is 5.32 Å². The topological polar surface area (TPSA) is 42.0 Å². The molecule has 92 valence electrons. The van der Waals surface area contributed by atoms with Crippen LogP contribution in [-0.4, -0.2) is 10.9 Å². The Morgan fingerprint density at radius 1 is 1.28 bits per heavy atom. The van der Waals surface area contributed by atoms with Crippen molar-refractivity contribution < 1.29 is 4.79 Å². The molecule has 0 fully saturated rings. The summed E-state index contributed by atoms with van der Waals surface area (Å²) in [7, 11) is 0. The highest BCUT2D eigenvalue weighted by atomic mass is 16.1. The highest BCUT2D eigenvalue weighted by Gasteiger charge is 2.05. The second-order valence-electron chi connectivity index (χ2n) is 4.35. The minimum Gasteiger partial charge on any atom is -0.348 e. The molecule has 1 amide bonds. The van der Waals surface area contributed by atoms with Crippen molar-refractivity contribution in [1.29, 1.82) is 0 Å². The molecule has 0 atom stereocenters. The van der Waals surface area contributed by atoms with E-state index in [4.69, 9.17) is 0 Å². The Morgan fingerprint density at radius 2 is 2.11 bits per heavy atom. The molecule has 0 aliphatic rings. The largest absolute Gasteiger partial charge is 0.348 e. The number of benzene rings is 1. The molecule has 1 aromatic carbocycles. The molecule has 2 aromatic rings. The van der Waals surface area contributed by atoms with Gasteiger partial charge in [0.15, 0.2) is 0 Å². The van der Waals surface area contributed by atoms with E-state index < -0.39 is 0 Å². The van der Waals surface area contributed by atoms with Crippen molar-refractivity contribution in [2.75, 3.05) is 0 Å². The first-order valence-corrected chi connectivity index (χ1v) is 5.91. The highest BCUT2D eigenvalue weighted by molar-refractivity contribution is 5.93. The van der Waals surface area contributed by atoms with Gasteiger partial charge in [0, 0.05) is 18.9 Å². The number of pyridine rings is 1. The van der Waals surface area contributed by atoms with Crippen LogP contribution in [0, 0.1) is 13.8 Å². The number of rotatable bonds is 3. The number of hydrogen-bond donors (Lipinski definition) is 1. The van der Waals surface area contributed by atoms with Crippen LogP contribution >= 0.6 is 0 Å². The quantitative estimate of drug-likeness (QED) is 0.896. The Kier molecular flexibility index (Phi) is 3.72. The van der Waals surface area contributed by atoms with Crippen LogP contribution in [0.1, 0.15) is 27.0 Å². The lowest BCUT2D eigenvalue weighted by Gasteiger charge is -2.08. The lowest BCUT2D eigenvalue weighted by molar-refractivity contribution is 0.0950. The van der Waals surface area contributed by atoms with E-state index in [1.807, 2.05) is 13.8 Å². The number of carbonyl (C=O) groups is 1. The molecule has 18 heavy (non-hydrogen) atoms. The molecule has 0 spiro atoms. The Morgan fingerprint density at radius 3 is 2.83 bits per heavy atom. The summed E-state index contributed by atoms with van der Waals surface area (Å²) in [6.45, 7) is 4.64. The van der Waals surface area contributed by atoms with Crippen LogP contribution in [0.2, 0.25) is 0 Å². The molecule has 0 radical (unpaired) electrons. The fourth-order valence-corrected chi connectivity index (χ4v) is 1.77. The summed E-state index contributed by atoms with van der Waals surface area (Å²) in [5, 5.41) is 2.90. The normalized spacial score (nSPS) is 10.1. The monoisotopic (exact) mass is 240 g/mol. The van der Waals surface area contributed by atoms with Gasteiger partial charge < -0.3 is 5.32 Å². The van der Waals surface area contributed by atoms with Gasteiger partial charge in [0.05, 0.1) is 5.56 Å². The van der Waals surface area contributed by atoms with E-state index >= 15 is 0 Å². The molecule has 1 aromatic heterocycles. The summed E-state index contributed by atoms with van der Waals surface area (Å²) in [6, 6.07) is 9.75. The van der Waals surface area contributed by atoms with E-state index in [1.165, 1.54) is 11.1 Å². The number of amides is 1. The first-order valence-electron chi connectivity index (χ1n) is 5.91. The number of hydrogen-bond acceptors (Lipinski definition) is 2. The van der Waals surface area contributed by atoms with Gasteiger partial charge in [0.2, 0.25) is 0 Å².